The standard InChI is InChI=1S/C10H14O3S/c1-7(2)8-4-5-9(13-3)10(6-8)14(11)12/h4-7H,1-3H3,(H,11,12). The molecular weight excluding hydrogens is 200 g/mol. The average molecular weight is 214 g/mol. The Morgan fingerprint density at radius 1 is 1.43 bits per heavy atom. The van der Waals surface area contributed by atoms with E-state index in [1.807, 2.05) is 19.9 Å². The van der Waals surface area contributed by atoms with Crippen LogP contribution in [0.4, 0.5) is 0 Å². The Morgan fingerprint density at radius 3 is 2.50 bits per heavy atom. The van der Waals surface area contributed by atoms with Gasteiger partial charge in [-0.1, -0.05) is 19.9 Å². The SMILES string of the molecule is COc1ccc(C(C)C)cc1S(=O)O. The van der Waals surface area contributed by atoms with Gasteiger partial charge in [0.25, 0.3) is 0 Å². The summed E-state index contributed by atoms with van der Waals surface area (Å²) >= 11 is -1.99. The highest BCUT2D eigenvalue weighted by molar-refractivity contribution is 7.79. The topological polar surface area (TPSA) is 46.5 Å². The minimum Gasteiger partial charge on any atom is -0.495 e. The summed E-state index contributed by atoms with van der Waals surface area (Å²) in [6.45, 7) is 4.07. The van der Waals surface area contributed by atoms with Crippen molar-refractivity contribution < 1.29 is 13.5 Å². The molecule has 0 aromatic heterocycles. The van der Waals surface area contributed by atoms with E-state index in [1.54, 1.807) is 12.1 Å². The summed E-state index contributed by atoms with van der Waals surface area (Å²) in [4.78, 5) is 0.332. The summed E-state index contributed by atoms with van der Waals surface area (Å²) in [5.74, 6) is 0.790. The molecule has 0 fully saturated rings. The molecule has 1 atom stereocenters. The molecule has 14 heavy (non-hydrogen) atoms. The zero-order valence-electron chi connectivity index (χ0n) is 8.48. The van der Waals surface area contributed by atoms with Gasteiger partial charge in [-0.3, -0.25) is 0 Å². The summed E-state index contributed by atoms with van der Waals surface area (Å²) in [6, 6.07) is 5.33. The number of hydrogen-bond acceptors (Lipinski definition) is 2. The van der Waals surface area contributed by atoms with E-state index in [0.717, 1.165) is 5.56 Å². The minimum atomic E-state index is -1.99. The highest BCUT2D eigenvalue weighted by Crippen LogP contribution is 2.26. The van der Waals surface area contributed by atoms with E-state index in [4.69, 9.17) is 9.29 Å². The third-order valence-electron chi connectivity index (χ3n) is 2.04. The molecule has 0 spiro atoms. The second-order valence-electron chi connectivity index (χ2n) is 3.31. The smallest absolute Gasteiger partial charge is 0.190 e. The Bertz CT molecular complexity index is 347. The first-order valence-corrected chi connectivity index (χ1v) is 5.45. The molecule has 0 bridgehead atoms. The molecule has 0 amide bonds. The zero-order valence-corrected chi connectivity index (χ0v) is 9.30. The van der Waals surface area contributed by atoms with Crippen LogP contribution < -0.4 is 4.74 Å². The van der Waals surface area contributed by atoms with Gasteiger partial charge in [-0.15, -0.1) is 0 Å². The normalized spacial score (nSPS) is 12.9. The molecule has 3 nitrogen and oxygen atoms in total. The van der Waals surface area contributed by atoms with Gasteiger partial charge in [-0.2, -0.15) is 0 Å². The van der Waals surface area contributed by atoms with Crippen molar-refractivity contribution in [2.45, 2.75) is 24.7 Å². The number of hydrogen-bond donors (Lipinski definition) is 1. The summed E-state index contributed by atoms with van der Waals surface area (Å²) in [7, 11) is 1.49. The number of ether oxygens (including phenoxy) is 1. The maximum Gasteiger partial charge on any atom is 0.190 e. The Kier molecular flexibility index (Phi) is 3.66. The van der Waals surface area contributed by atoms with Crippen LogP contribution in [-0.2, 0) is 11.1 Å². The Hall–Kier alpha value is -0.870. The number of rotatable bonds is 3. The largest absolute Gasteiger partial charge is 0.495 e. The van der Waals surface area contributed by atoms with Crippen molar-refractivity contribution in [3.63, 3.8) is 0 Å². The van der Waals surface area contributed by atoms with E-state index >= 15 is 0 Å². The molecule has 0 saturated carbocycles. The van der Waals surface area contributed by atoms with Gasteiger partial charge < -0.3 is 9.29 Å². The van der Waals surface area contributed by atoms with Crippen LogP contribution in [0.15, 0.2) is 23.1 Å². The van der Waals surface area contributed by atoms with Gasteiger partial charge in [0.2, 0.25) is 0 Å². The van der Waals surface area contributed by atoms with Crippen molar-refractivity contribution >= 4 is 11.1 Å². The number of methoxy groups -OCH3 is 1. The van der Waals surface area contributed by atoms with Crippen molar-refractivity contribution in [2.75, 3.05) is 7.11 Å². The van der Waals surface area contributed by atoms with Gasteiger partial charge in [0.1, 0.15) is 10.6 Å². The zero-order chi connectivity index (χ0) is 10.7. The number of benzene rings is 1. The lowest BCUT2D eigenvalue weighted by Crippen LogP contribution is -1.97. The third-order valence-corrected chi connectivity index (χ3v) is 2.74. The maximum atomic E-state index is 11.0. The maximum absolute atomic E-state index is 11.0. The third kappa shape index (κ3) is 2.33. The van der Waals surface area contributed by atoms with E-state index in [1.165, 1.54) is 7.11 Å². The molecule has 0 radical (unpaired) electrons. The van der Waals surface area contributed by atoms with Crippen LogP contribution in [0.5, 0.6) is 5.75 Å². The summed E-state index contributed by atoms with van der Waals surface area (Å²) < 4.78 is 25.0. The van der Waals surface area contributed by atoms with Gasteiger partial charge in [-0.25, -0.2) is 4.21 Å². The van der Waals surface area contributed by atoms with Gasteiger partial charge in [0.05, 0.1) is 7.11 Å². The lowest BCUT2D eigenvalue weighted by molar-refractivity contribution is 0.401. The first-order valence-electron chi connectivity index (χ1n) is 4.35. The fourth-order valence-electron chi connectivity index (χ4n) is 1.19. The van der Waals surface area contributed by atoms with Crippen LogP contribution in [-0.4, -0.2) is 15.9 Å². The Labute approximate surface area is 86.4 Å². The molecular formula is C10H14O3S. The lowest BCUT2D eigenvalue weighted by atomic mass is 10.0. The van der Waals surface area contributed by atoms with Crippen molar-refractivity contribution in [3.8, 4) is 5.75 Å². The molecule has 0 aliphatic rings. The fourth-order valence-corrected chi connectivity index (χ4v) is 1.75. The molecule has 1 aromatic rings. The quantitative estimate of drug-likeness (QED) is 0.786. The second-order valence-corrected chi connectivity index (χ2v) is 4.25. The summed E-state index contributed by atoms with van der Waals surface area (Å²) in [5, 5.41) is 0. The average Bonchev–Trinajstić information content (AvgIpc) is 2.16. The molecule has 1 rings (SSSR count). The molecule has 1 aromatic carbocycles. The molecule has 0 heterocycles. The van der Waals surface area contributed by atoms with E-state index in [-0.39, 0.29) is 0 Å². The highest BCUT2D eigenvalue weighted by atomic mass is 32.2. The molecule has 1 unspecified atom stereocenters. The predicted octanol–water partition coefficient (Wildman–Crippen LogP) is 2.40. The monoisotopic (exact) mass is 214 g/mol. The first kappa shape index (κ1) is 11.2. The molecule has 0 aliphatic carbocycles. The van der Waals surface area contributed by atoms with E-state index in [9.17, 15) is 4.21 Å². The molecule has 78 valence electrons. The van der Waals surface area contributed by atoms with Crippen LogP contribution in [0, 0.1) is 0 Å². The Balaban J connectivity index is 3.21. The van der Waals surface area contributed by atoms with Crippen molar-refractivity contribution in [2.24, 2.45) is 0 Å². The highest BCUT2D eigenvalue weighted by Gasteiger charge is 2.10. The predicted molar refractivity (Wildman–Crippen MR) is 56.1 cm³/mol. The van der Waals surface area contributed by atoms with Crippen molar-refractivity contribution in [1.29, 1.82) is 0 Å². The molecule has 4 heteroatoms. The van der Waals surface area contributed by atoms with Crippen LogP contribution in [0.1, 0.15) is 25.3 Å². The molecule has 0 aliphatic heterocycles. The minimum absolute atomic E-state index is 0.332. The van der Waals surface area contributed by atoms with E-state index in [0.29, 0.717) is 16.6 Å². The van der Waals surface area contributed by atoms with Crippen LogP contribution in [0.3, 0.4) is 0 Å². The van der Waals surface area contributed by atoms with Crippen LogP contribution >= 0.6 is 0 Å². The molecule has 0 saturated heterocycles. The van der Waals surface area contributed by atoms with Crippen LogP contribution in [0.25, 0.3) is 0 Å². The second kappa shape index (κ2) is 4.57. The van der Waals surface area contributed by atoms with E-state index in [2.05, 4.69) is 0 Å². The van der Waals surface area contributed by atoms with Crippen LogP contribution in [0.2, 0.25) is 0 Å². The lowest BCUT2D eigenvalue weighted by Gasteiger charge is -2.09. The van der Waals surface area contributed by atoms with Gasteiger partial charge in [0.15, 0.2) is 11.1 Å². The van der Waals surface area contributed by atoms with Crippen molar-refractivity contribution in [3.05, 3.63) is 23.8 Å². The summed E-state index contributed by atoms with van der Waals surface area (Å²) in [6.07, 6.45) is 0. The fraction of sp³-hybridized carbons (Fsp3) is 0.400. The summed E-state index contributed by atoms with van der Waals surface area (Å²) in [5.41, 5.74) is 1.03. The van der Waals surface area contributed by atoms with Gasteiger partial charge in [-0.05, 0) is 23.6 Å². The first-order chi connectivity index (χ1) is 6.56. The Morgan fingerprint density at radius 2 is 2.07 bits per heavy atom. The van der Waals surface area contributed by atoms with Gasteiger partial charge >= 0.3 is 0 Å². The van der Waals surface area contributed by atoms with E-state index < -0.39 is 11.1 Å². The van der Waals surface area contributed by atoms with Crippen molar-refractivity contribution in [1.82, 2.24) is 0 Å². The van der Waals surface area contributed by atoms with Gasteiger partial charge in [0, 0.05) is 0 Å². The molecule has 1 N–H and O–H groups in total.